The Hall–Kier alpha value is -0.180. The standard InChI is InChI=1S/C12H18ClNS/c1-3-7-14-9-10-8-11(13)5-6-12(10)15-4-2/h5-6,8,14H,3-4,7,9H2,1-2H3. The summed E-state index contributed by atoms with van der Waals surface area (Å²) in [6.07, 6.45) is 1.16. The van der Waals surface area contributed by atoms with Gasteiger partial charge in [0.05, 0.1) is 0 Å². The highest BCUT2D eigenvalue weighted by Gasteiger charge is 2.02. The highest BCUT2D eigenvalue weighted by molar-refractivity contribution is 7.99. The minimum Gasteiger partial charge on any atom is -0.313 e. The van der Waals surface area contributed by atoms with Gasteiger partial charge in [0.25, 0.3) is 0 Å². The lowest BCUT2D eigenvalue weighted by atomic mass is 10.2. The molecule has 0 aliphatic carbocycles. The SMILES string of the molecule is CCCNCc1cc(Cl)ccc1SCC. The molecule has 0 unspecified atom stereocenters. The van der Waals surface area contributed by atoms with Crippen LogP contribution >= 0.6 is 23.4 Å². The Balaban J connectivity index is 2.68. The van der Waals surface area contributed by atoms with E-state index in [9.17, 15) is 0 Å². The molecule has 0 aliphatic heterocycles. The Morgan fingerprint density at radius 1 is 1.33 bits per heavy atom. The molecule has 1 N–H and O–H groups in total. The molecule has 0 heterocycles. The summed E-state index contributed by atoms with van der Waals surface area (Å²) in [4.78, 5) is 1.34. The largest absolute Gasteiger partial charge is 0.313 e. The Kier molecular flexibility index (Phi) is 6.15. The molecule has 0 radical (unpaired) electrons. The highest BCUT2D eigenvalue weighted by Crippen LogP contribution is 2.25. The average Bonchev–Trinajstić information content (AvgIpc) is 2.22. The van der Waals surface area contributed by atoms with Crippen molar-refractivity contribution in [1.82, 2.24) is 5.32 Å². The van der Waals surface area contributed by atoms with E-state index in [0.717, 1.165) is 30.3 Å². The van der Waals surface area contributed by atoms with Crippen molar-refractivity contribution in [2.45, 2.75) is 31.7 Å². The monoisotopic (exact) mass is 243 g/mol. The van der Waals surface area contributed by atoms with Gasteiger partial charge in [0.15, 0.2) is 0 Å². The van der Waals surface area contributed by atoms with Crippen molar-refractivity contribution in [1.29, 1.82) is 0 Å². The zero-order valence-electron chi connectivity index (χ0n) is 9.35. The molecule has 1 aromatic rings. The molecule has 15 heavy (non-hydrogen) atoms. The molecule has 0 spiro atoms. The maximum Gasteiger partial charge on any atom is 0.0410 e. The first kappa shape index (κ1) is 12.9. The van der Waals surface area contributed by atoms with Crippen molar-refractivity contribution < 1.29 is 0 Å². The second-order valence-corrected chi connectivity index (χ2v) is 5.10. The van der Waals surface area contributed by atoms with Gasteiger partial charge >= 0.3 is 0 Å². The number of benzene rings is 1. The van der Waals surface area contributed by atoms with Crippen LogP contribution in [0, 0.1) is 0 Å². The van der Waals surface area contributed by atoms with Crippen LogP contribution in [-0.2, 0) is 6.54 Å². The molecule has 84 valence electrons. The van der Waals surface area contributed by atoms with Crippen LogP contribution in [-0.4, -0.2) is 12.3 Å². The number of thioether (sulfide) groups is 1. The van der Waals surface area contributed by atoms with Crippen LogP contribution < -0.4 is 5.32 Å². The summed E-state index contributed by atoms with van der Waals surface area (Å²) in [5.41, 5.74) is 1.31. The zero-order chi connectivity index (χ0) is 11.1. The van der Waals surface area contributed by atoms with E-state index in [0.29, 0.717) is 0 Å². The van der Waals surface area contributed by atoms with Crippen molar-refractivity contribution >= 4 is 23.4 Å². The summed E-state index contributed by atoms with van der Waals surface area (Å²) in [5, 5.41) is 4.23. The van der Waals surface area contributed by atoms with Gasteiger partial charge in [0.2, 0.25) is 0 Å². The summed E-state index contributed by atoms with van der Waals surface area (Å²) in [7, 11) is 0. The molecule has 0 saturated carbocycles. The highest BCUT2D eigenvalue weighted by atomic mass is 35.5. The fourth-order valence-electron chi connectivity index (χ4n) is 1.38. The number of halogens is 1. The van der Waals surface area contributed by atoms with Crippen molar-refractivity contribution in [3.8, 4) is 0 Å². The second kappa shape index (κ2) is 7.15. The molecule has 0 atom stereocenters. The van der Waals surface area contributed by atoms with Crippen molar-refractivity contribution in [3.63, 3.8) is 0 Å². The van der Waals surface area contributed by atoms with Crippen LogP contribution in [0.3, 0.4) is 0 Å². The van der Waals surface area contributed by atoms with Crippen LogP contribution in [0.1, 0.15) is 25.8 Å². The van der Waals surface area contributed by atoms with E-state index in [1.54, 1.807) is 0 Å². The maximum absolute atomic E-state index is 5.99. The third-order valence-electron chi connectivity index (χ3n) is 2.06. The van der Waals surface area contributed by atoms with Crippen molar-refractivity contribution in [2.75, 3.05) is 12.3 Å². The van der Waals surface area contributed by atoms with Gasteiger partial charge in [-0.05, 0) is 42.5 Å². The number of hydrogen-bond acceptors (Lipinski definition) is 2. The lowest BCUT2D eigenvalue weighted by molar-refractivity contribution is 0.669. The van der Waals surface area contributed by atoms with Gasteiger partial charge in [-0.3, -0.25) is 0 Å². The third kappa shape index (κ3) is 4.45. The molecular formula is C12H18ClNS. The lowest BCUT2D eigenvalue weighted by Gasteiger charge is -2.09. The number of nitrogens with one attached hydrogen (secondary N) is 1. The third-order valence-corrected chi connectivity index (χ3v) is 3.30. The molecule has 1 rings (SSSR count). The first-order valence-electron chi connectivity index (χ1n) is 5.39. The molecule has 0 aliphatic rings. The minimum absolute atomic E-state index is 0.823. The molecule has 3 heteroatoms. The quantitative estimate of drug-likeness (QED) is 0.600. The van der Waals surface area contributed by atoms with Crippen molar-refractivity contribution in [2.24, 2.45) is 0 Å². The van der Waals surface area contributed by atoms with Gasteiger partial charge in [-0.1, -0.05) is 25.4 Å². The Morgan fingerprint density at radius 3 is 2.80 bits per heavy atom. The van der Waals surface area contributed by atoms with E-state index in [2.05, 4.69) is 31.3 Å². The zero-order valence-corrected chi connectivity index (χ0v) is 10.9. The van der Waals surface area contributed by atoms with E-state index in [-0.39, 0.29) is 0 Å². The predicted molar refractivity (Wildman–Crippen MR) is 69.8 cm³/mol. The van der Waals surface area contributed by atoms with Crippen LogP contribution in [0.4, 0.5) is 0 Å². The molecule has 1 nitrogen and oxygen atoms in total. The van der Waals surface area contributed by atoms with Gasteiger partial charge in [0, 0.05) is 16.5 Å². The molecule has 0 bridgehead atoms. The number of rotatable bonds is 6. The van der Waals surface area contributed by atoms with E-state index in [1.807, 2.05) is 17.8 Å². The summed E-state index contributed by atoms with van der Waals surface area (Å²) >= 11 is 7.86. The summed E-state index contributed by atoms with van der Waals surface area (Å²) in [6.45, 7) is 6.31. The molecular weight excluding hydrogens is 226 g/mol. The van der Waals surface area contributed by atoms with Crippen LogP contribution in [0.5, 0.6) is 0 Å². The van der Waals surface area contributed by atoms with E-state index in [4.69, 9.17) is 11.6 Å². The Morgan fingerprint density at radius 2 is 2.13 bits per heavy atom. The summed E-state index contributed by atoms with van der Waals surface area (Å²) < 4.78 is 0. The van der Waals surface area contributed by atoms with Gasteiger partial charge < -0.3 is 5.32 Å². The van der Waals surface area contributed by atoms with Gasteiger partial charge in [-0.25, -0.2) is 0 Å². The topological polar surface area (TPSA) is 12.0 Å². The normalized spacial score (nSPS) is 10.6. The van der Waals surface area contributed by atoms with Crippen LogP contribution in [0.15, 0.2) is 23.1 Å². The maximum atomic E-state index is 5.99. The molecule has 0 amide bonds. The van der Waals surface area contributed by atoms with Crippen molar-refractivity contribution in [3.05, 3.63) is 28.8 Å². The van der Waals surface area contributed by atoms with Gasteiger partial charge in [-0.15, -0.1) is 11.8 Å². The Bertz CT molecular complexity index is 302. The van der Waals surface area contributed by atoms with Gasteiger partial charge in [-0.2, -0.15) is 0 Å². The van der Waals surface area contributed by atoms with E-state index < -0.39 is 0 Å². The molecule has 0 aromatic heterocycles. The first-order valence-corrected chi connectivity index (χ1v) is 6.76. The van der Waals surface area contributed by atoms with E-state index in [1.165, 1.54) is 10.5 Å². The van der Waals surface area contributed by atoms with Gasteiger partial charge in [0.1, 0.15) is 0 Å². The fourth-order valence-corrected chi connectivity index (χ4v) is 2.37. The first-order chi connectivity index (χ1) is 7.27. The minimum atomic E-state index is 0.823. The Labute approximate surface area is 102 Å². The van der Waals surface area contributed by atoms with Crippen LogP contribution in [0.25, 0.3) is 0 Å². The number of hydrogen-bond donors (Lipinski definition) is 1. The molecule has 0 saturated heterocycles. The van der Waals surface area contributed by atoms with E-state index >= 15 is 0 Å². The van der Waals surface area contributed by atoms with Crippen LogP contribution in [0.2, 0.25) is 5.02 Å². The summed E-state index contributed by atoms with van der Waals surface area (Å²) in [5.74, 6) is 1.10. The molecule has 0 fully saturated rings. The predicted octanol–water partition coefficient (Wildman–Crippen LogP) is 3.95. The average molecular weight is 244 g/mol. The second-order valence-electron chi connectivity index (χ2n) is 3.36. The lowest BCUT2D eigenvalue weighted by Crippen LogP contribution is -2.14. The molecule has 1 aromatic carbocycles. The fraction of sp³-hybridized carbons (Fsp3) is 0.500. The summed E-state index contributed by atoms with van der Waals surface area (Å²) in [6, 6.07) is 6.13. The smallest absolute Gasteiger partial charge is 0.0410 e.